The molecule has 1 aliphatic heterocycles. The Hall–Kier alpha value is -4.24. The summed E-state index contributed by atoms with van der Waals surface area (Å²) >= 11 is 0. The number of para-hydroxylation sites is 2. The van der Waals surface area contributed by atoms with E-state index < -0.39 is 0 Å². The van der Waals surface area contributed by atoms with Gasteiger partial charge in [0.1, 0.15) is 11.5 Å². The number of rotatable bonds is 3. The average Bonchev–Trinajstić information content (AvgIpc) is 2.93. The van der Waals surface area contributed by atoms with E-state index >= 15 is 0 Å². The van der Waals surface area contributed by atoms with Crippen LogP contribution in [0, 0.1) is 6.92 Å². The van der Waals surface area contributed by atoms with Crippen LogP contribution in [0.4, 0.5) is 5.69 Å². The van der Waals surface area contributed by atoms with Gasteiger partial charge < -0.3 is 4.74 Å². The molecule has 4 aromatic carbocycles. The quantitative estimate of drug-likeness (QED) is 0.273. The first-order chi connectivity index (χ1) is 17.2. The van der Waals surface area contributed by atoms with Gasteiger partial charge in [0.25, 0.3) is 0 Å². The van der Waals surface area contributed by atoms with Gasteiger partial charge in [-0.15, -0.1) is 0 Å². The topological polar surface area (TPSA) is 34.5 Å². The minimum atomic E-state index is 0.781. The molecule has 0 amide bonds. The first-order valence-corrected chi connectivity index (χ1v) is 12.1. The monoisotopic (exact) mass is 454 g/mol. The molecule has 0 radical (unpaired) electrons. The zero-order chi connectivity index (χ0) is 23.8. The SMILES string of the molecule is CCC1=Nc2ccc(-c3nc4ccccc4cc3-c3ccccc3)c(c2C)Oc2ccccc2C1. The van der Waals surface area contributed by atoms with E-state index in [0.29, 0.717) is 0 Å². The molecule has 5 aromatic rings. The van der Waals surface area contributed by atoms with Crippen molar-refractivity contribution in [2.75, 3.05) is 0 Å². The number of nitrogens with zero attached hydrogens (tertiary/aromatic N) is 2. The molecular weight excluding hydrogens is 428 g/mol. The van der Waals surface area contributed by atoms with E-state index in [9.17, 15) is 0 Å². The third-order valence-corrected chi connectivity index (χ3v) is 6.71. The van der Waals surface area contributed by atoms with E-state index in [1.165, 1.54) is 0 Å². The number of ether oxygens (including phenoxy) is 1. The largest absolute Gasteiger partial charge is 0.456 e. The van der Waals surface area contributed by atoms with Gasteiger partial charge >= 0.3 is 0 Å². The molecule has 6 rings (SSSR count). The Morgan fingerprint density at radius 1 is 0.800 bits per heavy atom. The third kappa shape index (κ3) is 3.89. The van der Waals surface area contributed by atoms with E-state index in [4.69, 9.17) is 14.7 Å². The Morgan fingerprint density at radius 3 is 2.43 bits per heavy atom. The third-order valence-electron chi connectivity index (χ3n) is 6.71. The molecule has 35 heavy (non-hydrogen) atoms. The number of aromatic nitrogens is 1. The second kappa shape index (κ2) is 8.84. The zero-order valence-electron chi connectivity index (χ0n) is 20.0. The number of aliphatic imine (C=N–C) groups is 1. The summed E-state index contributed by atoms with van der Waals surface area (Å²) in [6.07, 6.45) is 1.68. The molecule has 1 aromatic heterocycles. The summed E-state index contributed by atoms with van der Waals surface area (Å²) in [6, 6.07) is 33.5. The molecule has 170 valence electrons. The van der Waals surface area contributed by atoms with Gasteiger partial charge in [0.05, 0.1) is 16.9 Å². The predicted molar refractivity (Wildman–Crippen MR) is 145 cm³/mol. The van der Waals surface area contributed by atoms with Crippen LogP contribution < -0.4 is 4.74 Å². The zero-order valence-corrected chi connectivity index (χ0v) is 20.0. The van der Waals surface area contributed by atoms with Gasteiger partial charge in [-0.1, -0.05) is 73.7 Å². The van der Waals surface area contributed by atoms with Crippen LogP contribution in [0.3, 0.4) is 0 Å². The predicted octanol–water partition coefficient (Wildman–Crippen LogP) is 8.71. The Labute approximate surface area is 205 Å². The van der Waals surface area contributed by atoms with E-state index in [2.05, 4.69) is 92.7 Å². The van der Waals surface area contributed by atoms with Crippen LogP contribution in [0.5, 0.6) is 11.5 Å². The number of fused-ring (bicyclic) bond motifs is 4. The van der Waals surface area contributed by atoms with Gasteiger partial charge in [-0.3, -0.25) is 4.99 Å². The maximum absolute atomic E-state index is 6.72. The summed E-state index contributed by atoms with van der Waals surface area (Å²) in [5.74, 6) is 1.69. The highest BCUT2D eigenvalue weighted by Crippen LogP contribution is 2.45. The maximum atomic E-state index is 6.72. The highest BCUT2D eigenvalue weighted by atomic mass is 16.5. The molecule has 0 unspecified atom stereocenters. The van der Waals surface area contributed by atoms with Crippen LogP contribution in [0.2, 0.25) is 0 Å². The normalized spacial score (nSPS) is 12.7. The Morgan fingerprint density at radius 2 is 1.57 bits per heavy atom. The number of hydrogen-bond acceptors (Lipinski definition) is 3. The lowest BCUT2D eigenvalue weighted by molar-refractivity contribution is 0.476. The average molecular weight is 455 g/mol. The second-order valence-electron chi connectivity index (χ2n) is 8.95. The molecule has 2 heterocycles. The molecule has 0 N–H and O–H groups in total. The number of pyridine rings is 1. The summed E-state index contributed by atoms with van der Waals surface area (Å²) in [7, 11) is 0. The van der Waals surface area contributed by atoms with Crippen molar-refractivity contribution in [1.29, 1.82) is 0 Å². The van der Waals surface area contributed by atoms with Gasteiger partial charge in [0.15, 0.2) is 0 Å². The minimum absolute atomic E-state index is 0.781. The summed E-state index contributed by atoms with van der Waals surface area (Å²) in [5.41, 5.74) is 9.35. The van der Waals surface area contributed by atoms with Gasteiger partial charge in [-0.2, -0.15) is 0 Å². The Kier molecular flexibility index (Phi) is 5.38. The Balaban J connectivity index is 1.65. The van der Waals surface area contributed by atoms with Crippen LogP contribution in [-0.4, -0.2) is 10.7 Å². The number of benzene rings is 4. The molecule has 3 nitrogen and oxygen atoms in total. The van der Waals surface area contributed by atoms with E-state index in [1.807, 2.05) is 18.2 Å². The van der Waals surface area contributed by atoms with Crippen LogP contribution in [-0.2, 0) is 6.42 Å². The van der Waals surface area contributed by atoms with Crippen LogP contribution in [0.25, 0.3) is 33.3 Å². The minimum Gasteiger partial charge on any atom is -0.456 e. The van der Waals surface area contributed by atoms with Gasteiger partial charge in [0, 0.05) is 39.8 Å². The fraction of sp³-hybridized carbons (Fsp3) is 0.125. The van der Waals surface area contributed by atoms with E-state index in [0.717, 1.165) is 80.2 Å². The maximum Gasteiger partial charge on any atom is 0.141 e. The molecular formula is C32H26N2O. The molecule has 0 saturated heterocycles. The molecule has 0 saturated carbocycles. The molecule has 2 bridgehead atoms. The van der Waals surface area contributed by atoms with Crippen LogP contribution in [0.1, 0.15) is 24.5 Å². The van der Waals surface area contributed by atoms with Crippen molar-refractivity contribution in [3.05, 3.63) is 108 Å². The standard InChI is InChI=1S/C32H26N2O/c1-3-25-19-24-14-8-10-16-30(24)35-32-21(2)28(33-25)18-17-26(32)31-27(22-11-5-4-6-12-22)20-23-13-7-9-15-29(23)34-31/h4-18,20H,3,19H2,1-2H3. The van der Waals surface area contributed by atoms with Crippen molar-refractivity contribution in [3.63, 3.8) is 0 Å². The lowest BCUT2D eigenvalue weighted by atomic mass is 9.95. The van der Waals surface area contributed by atoms with Crippen molar-refractivity contribution in [3.8, 4) is 33.9 Å². The Bertz CT molecular complexity index is 1580. The first-order valence-electron chi connectivity index (χ1n) is 12.1. The van der Waals surface area contributed by atoms with Gasteiger partial charge in [-0.05, 0) is 49.2 Å². The van der Waals surface area contributed by atoms with Crippen LogP contribution >= 0.6 is 0 Å². The van der Waals surface area contributed by atoms with Gasteiger partial charge in [-0.25, -0.2) is 4.98 Å². The summed E-state index contributed by atoms with van der Waals surface area (Å²) < 4.78 is 6.72. The van der Waals surface area contributed by atoms with Crippen LogP contribution in [0.15, 0.2) is 102 Å². The highest BCUT2D eigenvalue weighted by molar-refractivity contribution is 5.95. The lowest BCUT2D eigenvalue weighted by Gasteiger charge is -2.18. The molecule has 0 atom stereocenters. The van der Waals surface area contributed by atoms with E-state index in [-0.39, 0.29) is 0 Å². The molecule has 1 aliphatic rings. The van der Waals surface area contributed by atoms with Crippen molar-refractivity contribution < 1.29 is 4.74 Å². The molecule has 0 aliphatic carbocycles. The fourth-order valence-electron chi connectivity index (χ4n) is 4.77. The molecule has 0 spiro atoms. The summed E-state index contributed by atoms with van der Waals surface area (Å²) in [5, 5.41) is 1.12. The summed E-state index contributed by atoms with van der Waals surface area (Å²) in [6.45, 7) is 4.26. The first kappa shape index (κ1) is 21.3. The van der Waals surface area contributed by atoms with Crippen molar-refractivity contribution >= 4 is 22.3 Å². The second-order valence-corrected chi connectivity index (χ2v) is 8.95. The van der Waals surface area contributed by atoms with E-state index in [1.54, 1.807) is 0 Å². The molecule has 0 fully saturated rings. The summed E-state index contributed by atoms with van der Waals surface area (Å²) in [4.78, 5) is 10.2. The molecule has 3 heteroatoms. The van der Waals surface area contributed by atoms with Crippen molar-refractivity contribution in [1.82, 2.24) is 4.98 Å². The fourth-order valence-corrected chi connectivity index (χ4v) is 4.77. The lowest BCUT2D eigenvalue weighted by Crippen LogP contribution is -2.02. The smallest absolute Gasteiger partial charge is 0.141 e. The highest BCUT2D eigenvalue weighted by Gasteiger charge is 2.22. The van der Waals surface area contributed by atoms with Crippen molar-refractivity contribution in [2.45, 2.75) is 26.7 Å². The number of hydrogen-bond donors (Lipinski definition) is 0. The van der Waals surface area contributed by atoms with Crippen molar-refractivity contribution in [2.24, 2.45) is 4.99 Å². The van der Waals surface area contributed by atoms with Gasteiger partial charge in [0.2, 0.25) is 0 Å².